The molecule has 4 heteroatoms. The lowest BCUT2D eigenvalue weighted by Gasteiger charge is -2.54. The largest absolute Gasteiger partial charge is 0.481 e. The quantitative estimate of drug-likeness (QED) is 0.636. The second-order valence-electron chi connectivity index (χ2n) is 10.6. The molecular weight excluding hydrogens is 352 g/mol. The molecule has 0 amide bonds. The smallest absolute Gasteiger partial charge is 0.303 e. The highest BCUT2D eigenvalue weighted by molar-refractivity contribution is 5.66. The Hall–Kier alpha value is -0.610. The summed E-state index contributed by atoms with van der Waals surface area (Å²) in [7, 11) is 0. The van der Waals surface area contributed by atoms with Crippen LogP contribution in [0.25, 0.3) is 0 Å². The average molecular weight is 395 g/mol. The third kappa shape index (κ3) is 4.28. The molecule has 28 heavy (non-hydrogen) atoms. The molecule has 3 rings (SSSR count). The normalized spacial score (nSPS) is 45.7. The van der Waals surface area contributed by atoms with Gasteiger partial charge in [0.2, 0.25) is 0 Å². The van der Waals surface area contributed by atoms with Crippen LogP contribution in [0.15, 0.2) is 0 Å². The minimum absolute atomic E-state index is 0.0670. The first kappa shape index (κ1) is 22.1. The van der Waals surface area contributed by atoms with Gasteiger partial charge in [-0.2, -0.15) is 0 Å². The van der Waals surface area contributed by atoms with E-state index in [0.29, 0.717) is 35.5 Å². The maximum absolute atomic E-state index is 11.4. The fraction of sp³-hybridized carbons (Fsp3) is 0.958. The number of aliphatic hydroxyl groups is 2. The Balaban J connectivity index is 1.79. The molecule has 0 heterocycles. The first-order chi connectivity index (χ1) is 13.2. The van der Waals surface area contributed by atoms with Crippen LogP contribution in [0.2, 0.25) is 0 Å². The minimum atomic E-state index is -0.709. The van der Waals surface area contributed by atoms with Crippen molar-refractivity contribution < 1.29 is 20.1 Å². The molecular formula is C24H42O4. The zero-order chi connectivity index (χ0) is 20.5. The molecule has 0 aromatic rings. The number of hydrogen-bond donors (Lipinski definition) is 3. The van der Waals surface area contributed by atoms with Crippen LogP contribution in [0.3, 0.4) is 0 Å². The zero-order valence-corrected chi connectivity index (χ0v) is 18.1. The van der Waals surface area contributed by atoms with Crippen molar-refractivity contribution in [3.05, 3.63) is 0 Å². The average Bonchev–Trinajstić information content (AvgIpc) is 3.01. The molecule has 0 spiro atoms. The van der Waals surface area contributed by atoms with Gasteiger partial charge in [-0.15, -0.1) is 0 Å². The Morgan fingerprint density at radius 3 is 2.46 bits per heavy atom. The third-order valence-corrected chi connectivity index (χ3v) is 9.18. The second kappa shape index (κ2) is 9.04. The van der Waals surface area contributed by atoms with Crippen molar-refractivity contribution in [2.75, 3.05) is 0 Å². The van der Waals surface area contributed by atoms with Crippen molar-refractivity contribution in [3.8, 4) is 0 Å². The molecule has 9 atom stereocenters. The number of carbonyl (C=O) groups is 1. The second-order valence-corrected chi connectivity index (χ2v) is 10.6. The highest BCUT2D eigenvalue weighted by atomic mass is 16.4. The lowest BCUT2D eigenvalue weighted by atomic mass is 9.52. The van der Waals surface area contributed by atoms with Gasteiger partial charge >= 0.3 is 5.97 Å². The van der Waals surface area contributed by atoms with Crippen LogP contribution in [0, 0.1) is 40.9 Å². The van der Waals surface area contributed by atoms with Crippen LogP contribution in [0.4, 0.5) is 0 Å². The number of carboxylic acids is 1. The van der Waals surface area contributed by atoms with E-state index in [9.17, 15) is 15.0 Å². The Labute approximate surface area is 171 Å². The highest BCUT2D eigenvalue weighted by Gasteiger charge is 2.59. The summed E-state index contributed by atoms with van der Waals surface area (Å²) in [5.41, 5.74) is -0.0670. The number of carboxylic acid groups (broad SMARTS) is 1. The molecule has 3 N–H and O–H groups in total. The first-order valence-electron chi connectivity index (χ1n) is 11.8. The van der Waals surface area contributed by atoms with Gasteiger partial charge in [0.15, 0.2) is 0 Å². The first-order valence-corrected chi connectivity index (χ1v) is 11.8. The van der Waals surface area contributed by atoms with Crippen molar-refractivity contribution >= 4 is 5.97 Å². The Bertz CT molecular complexity index is 535. The van der Waals surface area contributed by atoms with E-state index in [-0.39, 0.29) is 24.0 Å². The maximum atomic E-state index is 11.4. The van der Waals surface area contributed by atoms with E-state index >= 15 is 0 Å². The summed E-state index contributed by atoms with van der Waals surface area (Å²) in [5, 5.41) is 30.6. The molecule has 3 fully saturated rings. The molecule has 0 radical (unpaired) electrons. The van der Waals surface area contributed by atoms with E-state index in [0.717, 1.165) is 44.9 Å². The Morgan fingerprint density at radius 2 is 1.75 bits per heavy atom. The van der Waals surface area contributed by atoms with Crippen molar-refractivity contribution in [3.63, 3.8) is 0 Å². The number of rotatable bonds is 4. The Kier molecular flexibility index (Phi) is 7.13. The van der Waals surface area contributed by atoms with Crippen molar-refractivity contribution in [1.29, 1.82) is 0 Å². The van der Waals surface area contributed by atoms with Gasteiger partial charge in [-0.05, 0) is 92.3 Å². The molecule has 0 saturated heterocycles. The van der Waals surface area contributed by atoms with Gasteiger partial charge in [-0.1, -0.05) is 33.6 Å². The molecule has 3 saturated carbocycles. The van der Waals surface area contributed by atoms with E-state index in [1.807, 2.05) is 0 Å². The molecule has 0 bridgehead atoms. The van der Waals surface area contributed by atoms with Crippen molar-refractivity contribution in [1.82, 2.24) is 0 Å². The third-order valence-electron chi connectivity index (χ3n) is 9.18. The molecule has 4 nitrogen and oxygen atoms in total. The summed E-state index contributed by atoms with van der Waals surface area (Å²) < 4.78 is 0. The van der Waals surface area contributed by atoms with Gasteiger partial charge in [0, 0.05) is 6.42 Å². The molecule has 162 valence electrons. The molecule has 0 aliphatic heterocycles. The monoisotopic (exact) mass is 394 g/mol. The number of fused-ring (bicyclic) bond motifs is 3. The summed E-state index contributed by atoms with van der Waals surface area (Å²) >= 11 is 0. The molecule has 0 aromatic carbocycles. The van der Waals surface area contributed by atoms with Crippen LogP contribution in [-0.2, 0) is 4.79 Å². The van der Waals surface area contributed by atoms with Crippen molar-refractivity contribution in [2.45, 2.75) is 104 Å². The van der Waals surface area contributed by atoms with Gasteiger partial charge in [0.05, 0.1) is 12.2 Å². The van der Waals surface area contributed by atoms with E-state index in [4.69, 9.17) is 5.11 Å². The standard InChI is InChI=1S/C24H42O4/c1-15-8-10-17(25)6-4-5-7-18-19(15)14-22(26)24(3)20(11-12-21(18)24)16(2)9-13-23(27)28/h15-22,25-26H,4-14H2,1-3H3,(H,27,28)/t15-,16+,17-,18+,19+,20+,21-,22+,24+/m0/s1. The van der Waals surface area contributed by atoms with Crippen LogP contribution in [0.1, 0.15) is 91.4 Å². The SMILES string of the molecule is C[C@H](CCC(=O)O)[C@H]1CC[C@H]2[C@@H]3CCCC[C@H](O)CC[C@H](C)[C@H]3C[C@@H](O)[C@]12C. The van der Waals surface area contributed by atoms with Crippen LogP contribution >= 0.6 is 0 Å². The zero-order valence-electron chi connectivity index (χ0n) is 18.1. The van der Waals surface area contributed by atoms with E-state index in [1.54, 1.807) is 0 Å². The van der Waals surface area contributed by atoms with E-state index in [2.05, 4.69) is 20.8 Å². The fourth-order valence-corrected chi connectivity index (χ4v) is 7.50. The molecule has 3 aliphatic carbocycles. The van der Waals surface area contributed by atoms with Gasteiger partial charge in [-0.3, -0.25) is 4.79 Å². The summed E-state index contributed by atoms with van der Waals surface area (Å²) in [6.45, 7) is 6.86. The predicted molar refractivity (Wildman–Crippen MR) is 111 cm³/mol. The number of hydrogen-bond acceptors (Lipinski definition) is 3. The van der Waals surface area contributed by atoms with Gasteiger partial charge in [0.25, 0.3) is 0 Å². The van der Waals surface area contributed by atoms with Gasteiger partial charge < -0.3 is 15.3 Å². The lowest BCUT2D eigenvalue weighted by molar-refractivity contribution is -0.138. The molecule has 0 unspecified atom stereocenters. The Morgan fingerprint density at radius 1 is 1.04 bits per heavy atom. The summed E-state index contributed by atoms with van der Waals surface area (Å²) in [6, 6.07) is 0. The van der Waals surface area contributed by atoms with Crippen LogP contribution in [-0.4, -0.2) is 33.5 Å². The maximum Gasteiger partial charge on any atom is 0.303 e. The van der Waals surface area contributed by atoms with Crippen molar-refractivity contribution in [2.24, 2.45) is 40.9 Å². The summed E-state index contributed by atoms with van der Waals surface area (Å²) in [5.74, 6) is 2.43. The van der Waals surface area contributed by atoms with E-state index in [1.165, 1.54) is 19.3 Å². The fourth-order valence-electron chi connectivity index (χ4n) is 7.50. The molecule has 0 aromatic heterocycles. The topological polar surface area (TPSA) is 77.8 Å². The summed E-state index contributed by atoms with van der Waals surface area (Å²) in [6.07, 6.45) is 10.2. The van der Waals surface area contributed by atoms with E-state index < -0.39 is 5.97 Å². The van der Waals surface area contributed by atoms with Gasteiger partial charge in [-0.25, -0.2) is 0 Å². The number of aliphatic carboxylic acids is 1. The predicted octanol–water partition coefficient (Wildman–Crippen LogP) is 4.87. The summed E-state index contributed by atoms with van der Waals surface area (Å²) in [4.78, 5) is 11.1. The number of aliphatic hydroxyl groups excluding tert-OH is 2. The minimum Gasteiger partial charge on any atom is -0.481 e. The molecule has 3 aliphatic rings. The van der Waals surface area contributed by atoms with Crippen LogP contribution in [0.5, 0.6) is 0 Å². The lowest BCUT2D eigenvalue weighted by Crippen LogP contribution is -2.53. The van der Waals surface area contributed by atoms with Gasteiger partial charge in [0.1, 0.15) is 0 Å². The van der Waals surface area contributed by atoms with Crippen LogP contribution < -0.4 is 0 Å². The highest BCUT2D eigenvalue weighted by Crippen LogP contribution is 2.63.